The number of rotatable bonds is 3. The number of thioether (sulfide) groups is 1. The summed E-state index contributed by atoms with van der Waals surface area (Å²) in [5.41, 5.74) is 0.602. The molecule has 0 spiro atoms. The largest absolute Gasteiger partial charge is 0.465 e. The molecule has 5 nitrogen and oxygen atoms in total. The molecular weight excluding hydrogens is 330 g/mol. The summed E-state index contributed by atoms with van der Waals surface area (Å²) in [6, 6.07) is 0. The van der Waals surface area contributed by atoms with Gasteiger partial charge in [0, 0.05) is 24.1 Å². The van der Waals surface area contributed by atoms with Crippen LogP contribution in [-0.2, 0) is 14.8 Å². The molecule has 0 aliphatic carbocycles. The lowest BCUT2D eigenvalue weighted by Crippen LogP contribution is -2.34. The quantitative estimate of drug-likeness (QED) is 0.784. The molecule has 0 saturated carbocycles. The zero-order chi connectivity index (χ0) is 15.6. The molecule has 0 unspecified atom stereocenters. The minimum atomic E-state index is -3.65. The predicted molar refractivity (Wildman–Crippen MR) is 85.7 cm³/mol. The summed E-state index contributed by atoms with van der Waals surface area (Å²) < 4.78 is 32.0. The number of aryl methyl sites for hydroxylation is 1. The summed E-state index contributed by atoms with van der Waals surface area (Å²) in [6.07, 6.45) is 0.820. The van der Waals surface area contributed by atoms with Crippen LogP contribution in [0.25, 0.3) is 0 Å². The molecule has 1 saturated heterocycles. The van der Waals surface area contributed by atoms with Gasteiger partial charge in [0.25, 0.3) is 0 Å². The van der Waals surface area contributed by atoms with Crippen molar-refractivity contribution in [3.05, 3.63) is 15.8 Å². The average Bonchev–Trinajstić information content (AvgIpc) is 2.69. The van der Waals surface area contributed by atoms with Gasteiger partial charge in [0.05, 0.1) is 7.11 Å². The van der Waals surface area contributed by atoms with Gasteiger partial charge in [-0.1, -0.05) is 6.92 Å². The third-order valence-corrected chi connectivity index (χ3v) is 7.93. The van der Waals surface area contributed by atoms with E-state index >= 15 is 0 Å². The van der Waals surface area contributed by atoms with Gasteiger partial charge in [0.15, 0.2) is 0 Å². The summed E-state index contributed by atoms with van der Waals surface area (Å²) in [5, 5.41) is 2.14. The minimum Gasteiger partial charge on any atom is -0.465 e. The Morgan fingerprint density at radius 2 is 2.14 bits per heavy atom. The maximum atomic E-state index is 12.9. The summed E-state index contributed by atoms with van der Waals surface area (Å²) in [7, 11) is -2.39. The van der Waals surface area contributed by atoms with Crippen molar-refractivity contribution >= 4 is 39.1 Å². The van der Waals surface area contributed by atoms with E-state index in [1.54, 1.807) is 24.1 Å². The van der Waals surface area contributed by atoms with Gasteiger partial charge < -0.3 is 4.74 Å². The molecule has 1 aliphatic rings. The lowest BCUT2D eigenvalue weighted by molar-refractivity contribution is 0.0602. The molecule has 0 N–H and O–H groups in total. The van der Waals surface area contributed by atoms with Gasteiger partial charge >= 0.3 is 5.97 Å². The number of methoxy groups -OCH3 is 1. The van der Waals surface area contributed by atoms with E-state index in [0.29, 0.717) is 23.9 Å². The van der Waals surface area contributed by atoms with Gasteiger partial charge in [-0.3, -0.25) is 0 Å². The van der Waals surface area contributed by atoms with E-state index in [0.717, 1.165) is 23.5 Å². The van der Waals surface area contributed by atoms with Crippen molar-refractivity contribution in [1.82, 2.24) is 4.31 Å². The van der Waals surface area contributed by atoms with E-state index in [1.165, 1.54) is 11.4 Å². The number of hydrogen-bond acceptors (Lipinski definition) is 6. The Labute approximate surface area is 133 Å². The van der Waals surface area contributed by atoms with Crippen molar-refractivity contribution in [2.24, 2.45) is 0 Å². The first-order valence-corrected chi connectivity index (χ1v) is 10.0. The summed E-state index contributed by atoms with van der Waals surface area (Å²) in [4.78, 5) is 12.1. The highest BCUT2D eigenvalue weighted by Gasteiger charge is 2.33. The number of esters is 1. The molecule has 2 rings (SSSR count). The van der Waals surface area contributed by atoms with E-state index in [2.05, 4.69) is 6.92 Å². The van der Waals surface area contributed by atoms with Crippen molar-refractivity contribution in [3.63, 3.8) is 0 Å². The third kappa shape index (κ3) is 3.44. The lowest BCUT2D eigenvalue weighted by Gasteiger charge is -2.20. The van der Waals surface area contributed by atoms with Crippen molar-refractivity contribution in [2.75, 3.05) is 26.0 Å². The molecule has 0 amide bonds. The number of carbonyl (C=O) groups is 1. The first-order valence-electron chi connectivity index (χ1n) is 6.66. The fourth-order valence-corrected chi connectivity index (χ4v) is 6.46. The van der Waals surface area contributed by atoms with Gasteiger partial charge in [-0.25, -0.2) is 13.2 Å². The number of carbonyl (C=O) groups excluding carboxylic acids is 1. The van der Waals surface area contributed by atoms with E-state index in [-0.39, 0.29) is 9.77 Å². The predicted octanol–water partition coefficient (Wildman–Crippen LogP) is 2.36. The molecule has 1 atom stereocenters. The highest BCUT2D eigenvalue weighted by atomic mass is 32.2. The molecule has 0 bridgehead atoms. The number of nitrogens with zero attached hydrogens (tertiary/aromatic N) is 1. The highest BCUT2D eigenvalue weighted by Crippen LogP contribution is 2.31. The standard InChI is InChI=1S/C13H19NO4S3/c1-9-8-20-11(13(15)18-3)12(9)21(16,17)14-5-4-10(2)19-7-6-14/h8,10H,4-7H2,1-3H3/t10-/m1/s1. The Morgan fingerprint density at radius 3 is 2.81 bits per heavy atom. The monoisotopic (exact) mass is 349 g/mol. The molecule has 1 aromatic rings. The van der Waals surface area contributed by atoms with Crippen molar-refractivity contribution < 1.29 is 17.9 Å². The highest BCUT2D eigenvalue weighted by molar-refractivity contribution is 8.00. The van der Waals surface area contributed by atoms with Crippen LogP contribution in [0.2, 0.25) is 0 Å². The number of sulfonamides is 1. The maximum absolute atomic E-state index is 12.9. The molecule has 1 aromatic heterocycles. The first-order chi connectivity index (χ1) is 9.87. The topological polar surface area (TPSA) is 63.7 Å². The molecule has 21 heavy (non-hydrogen) atoms. The first kappa shape index (κ1) is 16.8. The van der Waals surface area contributed by atoms with Crippen LogP contribution in [0.3, 0.4) is 0 Å². The molecule has 1 fully saturated rings. The molecule has 0 aromatic carbocycles. The Bertz CT molecular complexity index is 623. The smallest absolute Gasteiger partial charge is 0.349 e. The molecule has 0 radical (unpaired) electrons. The van der Waals surface area contributed by atoms with Gasteiger partial charge in [-0.2, -0.15) is 16.1 Å². The van der Waals surface area contributed by atoms with Crippen LogP contribution in [0.1, 0.15) is 28.6 Å². The molecule has 2 heterocycles. The average molecular weight is 349 g/mol. The second-order valence-electron chi connectivity index (χ2n) is 4.94. The SMILES string of the molecule is COC(=O)c1scc(C)c1S(=O)(=O)N1CCS[C@H](C)CC1. The van der Waals surface area contributed by atoms with Crippen LogP contribution >= 0.6 is 23.1 Å². The summed E-state index contributed by atoms with van der Waals surface area (Å²) in [6.45, 7) is 4.79. The van der Waals surface area contributed by atoms with Gasteiger partial charge in [0.1, 0.15) is 9.77 Å². The van der Waals surface area contributed by atoms with Crippen LogP contribution in [0, 0.1) is 6.92 Å². The fraction of sp³-hybridized carbons (Fsp3) is 0.615. The number of ether oxygens (including phenoxy) is 1. The van der Waals surface area contributed by atoms with Crippen LogP contribution in [0.15, 0.2) is 10.3 Å². The molecule has 1 aliphatic heterocycles. The van der Waals surface area contributed by atoms with Crippen molar-refractivity contribution in [3.8, 4) is 0 Å². The van der Waals surface area contributed by atoms with E-state index in [4.69, 9.17) is 4.74 Å². The normalized spacial score (nSPS) is 21.0. The van der Waals surface area contributed by atoms with Gasteiger partial charge in [0.2, 0.25) is 10.0 Å². The minimum absolute atomic E-state index is 0.110. The van der Waals surface area contributed by atoms with Gasteiger partial charge in [-0.05, 0) is 24.3 Å². The van der Waals surface area contributed by atoms with Crippen LogP contribution in [0.5, 0.6) is 0 Å². The fourth-order valence-electron chi connectivity index (χ4n) is 2.23. The zero-order valence-electron chi connectivity index (χ0n) is 12.3. The molecule has 118 valence electrons. The third-order valence-electron chi connectivity index (χ3n) is 3.41. The van der Waals surface area contributed by atoms with Crippen molar-refractivity contribution in [1.29, 1.82) is 0 Å². The van der Waals surface area contributed by atoms with E-state index < -0.39 is 16.0 Å². The van der Waals surface area contributed by atoms with Crippen LogP contribution in [0.4, 0.5) is 0 Å². The zero-order valence-corrected chi connectivity index (χ0v) is 14.7. The number of thiophene rings is 1. The maximum Gasteiger partial charge on any atom is 0.349 e. The van der Waals surface area contributed by atoms with Crippen LogP contribution < -0.4 is 0 Å². The second-order valence-corrected chi connectivity index (χ2v) is 9.24. The van der Waals surface area contributed by atoms with Crippen LogP contribution in [-0.4, -0.2) is 49.9 Å². The lowest BCUT2D eigenvalue weighted by atomic mass is 10.3. The summed E-state index contributed by atoms with van der Waals surface area (Å²) in [5.74, 6) is 0.182. The van der Waals surface area contributed by atoms with E-state index in [1.807, 2.05) is 0 Å². The molecular formula is C13H19NO4S3. The Morgan fingerprint density at radius 1 is 1.43 bits per heavy atom. The van der Waals surface area contributed by atoms with Crippen molar-refractivity contribution in [2.45, 2.75) is 30.4 Å². The Balaban J connectivity index is 2.40. The Hall–Kier alpha value is -0.570. The number of hydrogen-bond donors (Lipinski definition) is 0. The summed E-state index contributed by atoms with van der Waals surface area (Å²) >= 11 is 2.90. The van der Waals surface area contributed by atoms with Gasteiger partial charge in [-0.15, -0.1) is 11.3 Å². The van der Waals surface area contributed by atoms with E-state index in [9.17, 15) is 13.2 Å². The molecule has 8 heteroatoms. The Kier molecular flexibility index (Phi) is 5.34. The second kappa shape index (κ2) is 6.68.